The van der Waals surface area contributed by atoms with E-state index < -0.39 is 5.41 Å². The highest BCUT2D eigenvalue weighted by Crippen LogP contribution is 2.24. The molecule has 1 aromatic rings. The molecule has 1 aliphatic rings. The van der Waals surface area contributed by atoms with E-state index >= 15 is 0 Å². The lowest BCUT2D eigenvalue weighted by atomic mass is 9.83. The summed E-state index contributed by atoms with van der Waals surface area (Å²) in [5.41, 5.74) is 6.58. The summed E-state index contributed by atoms with van der Waals surface area (Å²) >= 11 is 0. The van der Waals surface area contributed by atoms with Gasteiger partial charge < -0.3 is 16.4 Å². The van der Waals surface area contributed by atoms with Gasteiger partial charge in [-0.05, 0) is 44.4 Å². The van der Waals surface area contributed by atoms with Crippen molar-refractivity contribution in [2.45, 2.75) is 44.6 Å². The van der Waals surface area contributed by atoms with Crippen LogP contribution in [0.2, 0.25) is 0 Å². The number of benzene rings is 1. The van der Waals surface area contributed by atoms with Crippen LogP contribution in [0.4, 0.5) is 5.69 Å². The van der Waals surface area contributed by atoms with Gasteiger partial charge in [-0.25, -0.2) is 0 Å². The van der Waals surface area contributed by atoms with E-state index in [2.05, 4.69) is 10.6 Å². The van der Waals surface area contributed by atoms with Gasteiger partial charge in [-0.1, -0.05) is 12.1 Å². The topological polar surface area (TPSA) is 84.2 Å². The summed E-state index contributed by atoms with van der Waals surface area (Å²) in [6.07, 6.45) is 2.46. The van der Waals surface area contributed by atoms with Crippen LogP contribution in [0.25, 0.3) is 0 Å². The van der Waals surface area contributed by atoms with E-state index in [1.54, 1.807) is 12.1 Å². The third-order valence-electron chi connectivity index (χ3n) is 3.78. The number of nitrogens with two attached hydrogens (primary N) is 1. The summed E-state index contributed by atoms with van der Waals surface area (Å²) in [4.78, 5) is 23.8. The molecule has 0 spiro atoms. The first kappa shape index (κ1) is 15.4. The second kappa shape index (κ2) is 6.16. The van der Waals surface area contributed by atoms with Gasteiger partial charge in [0, 0.05) is 24.7 Å². The van der Waals surface area contributed by atoms with Crippen molar-refractivity contribution < 1.29 is 9.59 Å². The average molecular weight is 289 g/mol. The molecule has 0 saturated heterocycles. The van der Waals surface area contributed by atoms with Crippen molar-refractivity contribution in [3.05, 3.63) is 29.8 Å². The quantitative estimate of drug-likeness (QED) is 0.691. The molecule has 5 heteroatoms. The number of carbonyl (C=O) groups is 2. The molecule has 0 radical (unpaired) electrons. The normalized spacial score (nSPS) is 14.6. The lowest BCUT2D eigenvalue weighted by molar-refractivity contribution is -0.126. The second-order valence-corrected chi connectivity index (χ2v) is 6.09. The Bertz CT molecular complexity index is 519. The first-order valence-corrected chi connectivity index (χ1v) is 7.33. The van der Waals surface area contributed by atoms with Crippen molar-refractivity contribution in [2.75, 3.05) is 12.3 Å². The lowest BCUT2D eigenvalue weighted by Gasteiger charge is -2.24. The molecule has 1 fully saturated rings. The van der Waals surface area contributed by atoms with Gasteiger partial charge in [0.25, 0.3) is 0 Å². The SMILES string of the molecule is CC(C)(C(=O)NCCC(=O)NC1CC1)c1ccc(N)cc1. The van der Waals surface area contributed by atoms with Crippen molar-refractivity contribution in [1.29, 1.82) is 0 Å². The van der Waals surface area contributed by atoms with Gasteiger partial charge in [-0.15, -0.1) is 0 Å². The number of rotatable bonds is 6. The second-order valence-electron chi connectivity index (χ2n) is 6.09. The summed E-state index contributed by atoms with van der Waals surface area (Å²) in [6, 6.07) is 7.64. The van der Waals surface area contributed by atoms with Gasteiger partial charge in [0.15, 0.2) is 0 Å². The number of hydrogen-bond donors (Lipinski definition) is 3. The molecule has 0 heterocycles. The Hall–Kier alpha value is -2.04. The van der Waals surface area contributed by atoms with Crippen LogP contribution in [0, 0.1) is 0 Å². The Balaban J connectivity index is 1.83. The lowest BCUT2D eigenvalue weighted by Crippen LogP contribution is -2.41. The highest BCUT2D eigenvalue weighted by atomic mass is 16.2. The van der Waals surface area contributed by atoms with E-state index in [0.29, 0.717) is 24.7 Å². The van der Waals surface area contributed by atoms with Crippen LogP contribution in [-0.4, -0.2) is 24.4 Å². The van der Waals surface area contributed by atoms with Crippen molar-refractivity contribution in [3.8, 4) is 0 Å². The number of anilines is 1. The van der Waals surface area contributed by atoms with Crippen molar-refractivity contribution in [1.82, 2.24) is 10.6 Å². The predicted molar refractivity (Wildman–Crippen MR) is 82.7 cm³/mol. The maximum Gasteiger partial charge on any atom is 0.230 e. The third kappa shape index (κ3) is 4.21. The van der Waals surface area contributed by atoms with Gasteiger partial charge >= 0.3 is 0 Å². The highest BCUT2D eigenvalue weighted by molar-refractivity contribution is 5.88. The van der Waals surface area contributed by atoms with E-state index in [4.69, 9.17) is 5.73 Å². The van der Waals surface area contributed by atoms with Crippen LogP contribution in [-0.2, 0) is 15.0 Å². The Morgan fingerprint density at radius 3 is 2.43 bits per heavy atom. The number of nitrogen functional groups attached to an aromatic ring is 1. The molecule has 0 bridgehead atoms. The maximum absolute atomic E-state index is 12.3. The van der Waals surface area contributed by atoms with Crippen LogP contribution >= 0.6 is 0 Å². The third-order valence-corrected chi connectivity index (χ3v) is 3.78. The molecule has 4 N–H and O–H groups in total. The predicted octanol–water partition coefficient (Wildman–Crippen LogP) is 1.33. The largest absolute Gasteiger partial charge is 0.399 e. The van der Waals surface area contributed by atoms with Crippen LogP contribution in [0.3, 0.4) is 0 Å². The van der Waals surface area contributed by atoms with Gasteiger partial charge in [0.1, 0.15) is 0 Å². The van der Waals surface area contributed by atoms with Gasteiger partial charge in [-0.3, -0.25) is 9.59 Å². The summed E-state index contributed by atoms with van der Waals surface area (Å²) in [5.74, 6) is -0.0883. The van der Waals surface area contributed by atoms with Crippen LogP contribution < -0.4 is 16.4 Å². The zero-order chi connectivity index (χ0) is 15.5. The van der Waals surface area contributed by atoms with E-state index in [9.17, 15) is 9.59 Å². The van der Waals surface area contributed by atoms with Gasteiger partial charge in [0.2, 0.25) is 11.8 Å². The fourth-order valence-electron chi connectivity index (χ4n) is 2.07. The van der Waals surface area contributed by atoms with Gasteiger partial charge in [0.05, 0.1) is 5.41 Å². The minimum Gasteiger partial charge on any atom is -0.399 e. The Morgan fingerprint density at radius 2 is 1.86 bits per heavy atom. The monoisotopic (exact) mass is 289 g/mol. The fourth-order valence-corrected chi connectivity index (χ4v) is 2.07. The molecule has 0 atom stereocenters. The molecule has 1 aliphatic carbocycles. The Morgan fingerprint density at radius 1 is 1.24 bits per heavy atom. The molecule has 2 rings (SSSR count). The first-order chi connectivity index (χ1) is 9.89. The molecular weight excluding hydrogens is 266 g/mol. The smallest absolute Gasteiger partial charge is 0.230 e. The van der Waals surface area contributed by atoms with E-state index in [-0.39, 0.29) is 11.8 Å². The van der Waals surface area contributed by atoms with Crippen molar-refractivity contribution in [3.63, 3.8) is 0 Å². The number of amides is 2. The Labute approximate surface area is 125 Å². The molecule has 5 nitrogen and oxygen atoms in total. The molecule has 1 aromatic carbocycles. The summed E-state index contributed by atoms with van der Waals surface area (Å²) < 4.78 is 0. The number of nitrogens with one attached hydrogen (secondary N) is 2. The number of hydrogen-bond acceptors (Lipinski definition) is 3. The standard InChI is InChI=1S/C16H23N3O2/c1-16(2,11-3-5-12(17)6-4-11)15(21)18-10-9-14(20)19-13-7-8-13/h3-6,13H,7-10,17H2,1-2H3,(H,18,21)(H,19,20). The summed E-state index contributed by atoms with van der Waals surface area (Å²) in [7, 11) is 0. The minimum atomic E-state index is -0.652. The van der Waals surface area contributed by atoms with Crippen molar-refractivity contribution >= 4 is 17.5 Å². The van der Waals surface area contributed by atoms with E-state index in [0.717, 1.165) is 18.4 Å². The number of carbonyl (C=O) groups excluding carboxylic acids is 2. The maximum atomic E-state index is 12.3. The molecule has 0 unspecified atom stereocenters. The highest BCUT2D eigenvalue weighted by Gasteiger charge is 2.29. The van der Waals surface area contributed by atoms with Gasteiger partial charge in [-0.2, -0.15) is 0 Å². The minimum absolute atomic E-state index is 0.00286. The van der Waals surface area contributed by atoms with Crippen LogP contribution in [0.1, 0.15) is 38.7 Å². The zero-order valence-electron chi connectivity index (χ0n) is 12.6. The summed E-state index contributed by atoms with van der Waals surface area (Å²) in [5, 5.41) is 5.73. The van der Waals surface area contributed by atoms with Crippen LogP contribution in [0.15, 0.2) is 24.3 Å². The summed E-state index contributed by atoms with van der Waals surface area (Å²) in [6.45, 7) is 4.08. The molecule has 114 valence electrons. The molecule has 0 aromatic heterocycles. The molecule has 0 aliphatic heterocycles. The molecule has 21 heavy (non-hydrogen) atoms. The molecular formula is C16H23N3O2. The average Bonchev–Trinajstić information content (AvgIpc) is 3.23. The van der Waals surface area contributed by atoms with Crippen LogP contribution in [0.5, 0.6) is 0 Å². The molecule has 2 amide bonds. The molecule has 1 saturated carbocycles. The fraction of sp³-hybridized carbons (Fsp3) is 0.500. The van der Waals surface area contributed by atoms with E-state index in [1.165, 1.54) is 0 Å². The first-order valence-electron chi connectivity index (χ1n) is 7.33. The Kier molecular flexibility index (Phi) is 4.50. The van der Waals surface area contributed by atoms with Crippen molar-refractivity contribution in [2.24, 2.45) is 0 Å². The zero-order valence-corrected chi connectivity index (χ0v) is 12.6. The van der Waals surface area contributed by atoms with E-state index in [1.807, 2.05) is 26.0 Å².